The molecule has 0 saturated heterocycles. The van der Waals surface area contributed by atoms with Crippen molar-refractivity contribution < 1.29 is 14.4 Å². The molecule has 0 aliphatic carbocycles. The number of benzene rings is 1. The Morgan fingerprint density at radius 3 is 2.76 bits per heavy atom. The third-order valence-electron chi connectivity index (χ3n) is 2.75. The zero-order valence-corrected chi connectivity index (χ0v) is 10.2. The van der Waals surface area contributed by atoms with Crippen molar-refractivity contribution in [3.05, 3.63) is 35.1 Å². The van der Waals surface area contributed by atoms with Crippen molar-refractivity contribution in [1.29, 1.82) is 0 Å². The van der Waals surface area contributed by atoms with E-state index < -0.39 is 0 Å². The minimum atomic E-state index is -0.0955. The van der Waals surface area contributed by atoms with Gasteiger partial charge in [-0.1, -0.05) is 16.8 Å². The number of nitrogens with zero attached hydrogens (tertiary/aromatic N) is 1. The van der Waals surface area contributed by atoms with E-state index in [1.165, 1.54) is 0 Å². The minimum Gasteiger partial charge on any atom is -0.496 e. The molecule has 0 amide bonds. The van der Waals surface area contributed by atoms with Gasteiger partial charge in [-0.2, -0.15) is 0 Å². The van der Waals surface area contributed by atoms with Crippen molar-refractivity contribution in [3.63, 3.8) is 0 Å². The zero-order valence-electron chi connectivity index (χ0n) is 10.2. The molecule has 0 aliphatic rings. The Morgan fingerprint density at radius 1 is 1.35 bits per heavy atom. The van der Waals surface area contributed by atoms with E-state index in [1.54, 1.807) is 14.0 Å². The summed E-state index contributed by atoms with van der Waals surface area (Å²) in [5.41, 5.74) is 3.29. The van der Waals surface area contributed by atoms with Gasteiger partial charge in [0.25, 0.3) is 0 Å². The van der Waals surface area contributed by atoms with E-state index in [-0.39, 0.29) is 6.61 Å². The number of aromatic nitrogens is 1. The van der Waals surface area contributed by atoms with Crippen molar-refractivity contribution in [2.24, 2.45) is 0 Å². The molecule has 4 nitrogen and oxygen atoms in total. The maximum absolute atomic E-state index is 9.34. The molecule has 2 aromatic rings. The molecule has 17 heavy (non-hydrogen) atoms. The van der Waals surface area contributed by atoms with Crippen molar-refractivity contribution in [3.8, 4) is 17.0 Å². The average molecular weight is 233 g/mol. The second-order valence-corrected chi connectivity index (χ2v) is 3.93. The molecular formula is C13H15NO3. The van der Waals surface area contributed by atoms with Gasteiger partial charge in [0, 0.05) is 11.1 Å². The fourth-order valence-electron chi connectivity index (χ4n) is 1.80. The molecule has 0 unspecified atom stereocenters. The van der Waals surface area contributed by atoms with Crippen LogP contribution in [0.15, 0.2) is 22.7 Å². The number of hydrogen-bond donors (Lipinski definition) is 1. The van der Waals surface area contributed by atoms with Gasteiger partial charge in [-0.05, 0) is 26.0 Å². The number of rotatable bonds is 3. The molecule has 4 heteroatoms. The van der Waals surface area contributed by atoms with Crippen LogP contribution in [0.2, 0.25) is 0 Å². The van der Waals surface area contributed by atoms with Gasteiger partial charge in [-0.3, -0.25) is 0 Å². The Kier molecular flexibility index (Phi) is 3.15. The molecule has 0 spiro atoms. The van der Waals surface area contributed by atoms with Crippen LogP contribution < -0.4 is 4.74 Å². The van der Waals surface area contributed by atoms with Crippen LogP contribution in [0.4, 0.5) is 0 Å². The normalized spacial score (nSPS) is 10.6. The van der Waals surface area contributed by atoms with Crippen LogP contribution in [-0.2, 0) is 6.61 Å². The Balaban J connectivity index is 2.62. The number of aliphatic hydroxyl groups is 1. The Morgan fingerprint density at radius 2 is 2.12 bits per heavy atom. The molecule has 0 radical (unpaired) electrons. The predicted molar refractivity (Wildman–Crippen MR) is 63.9 cm³/mol. The largest absolute Gasteiger partial charge is 0.496 e. The summed E-state index contributed by atoms with van der Waals surface area (Å²) >= 11 is 0. The number of ether oxygens (including phenoxy) is 1. The van der Waals surface area contributed by atoms with Crippen molar-refractivity contribution in [2.45, 2.75) is 20.5 Å². The summed E-state index contributed by atoms with van der Waals surface area (Å²) < 4.78 is 10.4. The summed E-state index contributed by atoms with van der Waals surface area (Å²) in [7, 11) is 1.61. The quantitative estimate of drug-likeness (QED) is 0.884. The SMILES string of the molecule is COc1ccc(C)cc1-c1noc(C)c1CO. The van der Waals surface area contributed by atoms with E-state index >= 15 is 0 Å². The first-order chi connectivity index (χ1) is 8.17. The van der Waals surface area contributed by atoms with Gasteiger partial charge in [0.1, 0.15) is 17.2 Å². The van der Waals surface area contributed by atoms with Crippen LogP contribution in [0.5, 0.6) is 5.75 Å². The van der Waals surface area contributed by atoms with Crippen molar-refractivity contribution >= 4 is 0 Å². The minimum absolute atomic E-state index is 0.0955. The second-order valence-electron chi connectivity index (χ2n) is 3.93. The van der Waals surface area contributed by atoms with Gasteiger partial charge in [-0.15, -0.1) is 0 Å². The molecule has 0 fully saturated rings. The van der Waals surface area contributed by atoms with Crippen molar-refractivity contribution in [2.75, 3.05) is 7.11 Å². The van der Waals surface area contributed by atoms with Crippen LogP contribution in [-0.4, -0.2) is 17.4 Å². The van der Waals surface area contributed by atoms with Crippen LogP contribution in [0.1, 0.15) is 16.9 Å². The number of methoxy groups -OCH3 is 1. The molecule has 1 aromatic carbocycles. The molecule has 0 bridgehead atoms. The fourth-order valence-corrected chi connectivity index (χ4v) is 1.80. The summed E-state index contributed by atoms with van der Waals surface area (Å²) in [6, 6.07) is 5.82. The molecular weight excluding hydrogens is 218 g/mol. The average Bonchev–Trinajstić information content (AvgIpc) is 2.70. The first kappa shape index (κ1) is 11.7. The molecule has 0 atom stereocenters. The lowest BCUT2D eigenvalue weighted by Gasteiger charge is -2.08. The van der Waals surface area contributed by atoms with E-state index in [1.807, 2.05) is 25.1 Å². The molecule has 1 N–H and O–H groups in total. The highest BCUT2D eigenvalue weighted by Crippen LogP contribution is 2.33. The fraction of sp³-hybridized carbons (Fsp3) is 0.308. The zero-order chi connectivity index (χ0) is 12.4. The monoisotopic (exact) mass is 233 g/mol. The van der Waals surface area contributed by atoms with Crippen LogP contribution in [0.3, 0.4) is 0 Å². The van der Waals surface area contributed by atoms with Gasteiger partial charge >= 0.3 is 0 Å². The van der Waals surface area contributed by atoms with Crippen LogP contribution >= 0.6 is 0 Å². The van der Waals surface area contributed by atoms with E-state index in [2.05, 4.69) is 5.16 Å². The smallest absolute Gasteiger partial charge is 0.139 e. The highest BCUT2D eigenvalue weighted by atomic mass is 16.5. The highest BCUT2D eigenvalue weighted by molar-refractivity contribution is 5.70. The van der Waals surface area contributed by atoms with Gasteiger partial charge in [-0.25, -0.2) is 0 Å². The van der Waals surface area contributed by atoms with Gasteiger partial charge in [0.15, 0.2) is 0 Å². The Bertz CT molecular complexity index is 531. The Hall–Kier alpha value is -1.81. The molecule has 0 saturated carbocycles. The summed E-state index contributed by atoms with van der Waals surface area (Å²) in [6.07, 6.45) is 0. The molecule has 1 aromatic heterocycles. The third-order valence-corrected chi connectivity index (χ3v) is 2.75. The highest BCUT2D eigenvalue weighted by Gasteiger charge is 2.17. The summed E-state index contributed by atoms with van der Waals surface area (Å²) in [4.78, 5) is 0. The van der Waals surface area contributed by atoms with Gasteiger partial charge in [0.2, 0.25) is 0 Å². The lowest BCUT2D eigenvalue weighted by molar-refractivity contribution is 0.278. The van der Waals surface area contributed by atoms with E-state index in [9.17, 15) is 5.11 Å². The van der Waals surface area contributed by atoms with Gasteiger partial charge in [0.05, 0.1) is 13.7 Å². The lowest BCUT2D eigenvalue weighted by atomic mass is 10.0. The molecule has 90 valence electrons. The predicted octanol–water partition coefficient (Wildman–Crippen LogP) is 2.46. The van der Waals surface area contributed by atoms with Crippen LogP contribution in [0, 0.1) is 13.8 Å². The lowest BCUT2D eigenvalue weighted by Crippen LogP contribution is -1.93. The van der Waals surface area contributed by atoms with Gasteiger partial charge < -0.3 is 14.4 Å². The van der Waals surface area contributed by atoms with E-state index in [0.717, 1.165) is 16.9 Å². The second kappa shape index (κ2) is 4.59. The number of aliphatic hydroxyl groups excluding tert-OH is 1. The maximum Gasteiger partial charge on any atom is 0.139 e. The van der Waals surface area contributed by atoms with Crippen LogP contribution in [0.25, 0.3) is 11.3 Å². The van der Waals surface area contributed by atoms with Crippen molar-refractivity contribution in [1.82, 2.24) is 5.16 Å². The number of aryl methyl sites for hydroxylation is 2. The topological polar surface area (TPSA) is 55.5 Å². The third kappa shape index (κ3) is 2.03. The molecule has 2 rings (SSSR count). The summed E-state index contributed by atoms with van der Waals surface area (Å²) in [5, 5.41) is 13.3. The standard InChI is InChI=1S/C13H15NO3/c1-8-4-5-12(16-3)10(6-8)13-11(7-15)9(2)17-14-13/h4-6,15H,7H2,1-3H3. The maximum atomic E-state index is 9.34. The van der Waals surface area contributed by atoms with E-state index in [0.29, 0.717) is 17.0 Å². The van der Waals surface area contributed by atoms with E-state index in [4.69, 9.17) is 9.26 Å². The number of hydrogen-bond acceptors (Lipinski definition) is 4. The molecule has 1 heterocycles. The summed E-state index contributed by atoms with van der Waals surface area (Å²) in [6.45, 7) is 3.68. The Labute approximate surface area is 99.8 Å². The first-order valence-electron chi connectivity index (χ1n) is 5.38. The molecule has 0 aliphatic heterocycles. The first-order valence-corrected chi connectivity index (χ1v) is 5.38. The summed E-state index contributed by atoms with van der Waals surface area (Å²) in [5.74, 6) is 1.35.